The van der Waals surface area contributed by atoms with Crippen molar-refractivity contribution in [1.29, 1.82) is 0 Å². The molecule has 2 fully saturated rings. The fourth-order valence-electron chi connectivity index (χ4n) is 5.05. The fraction of sp³-hybridized carbons (Fsp3) is 1.00. The molecule has 1 unspecified atom stereocenters. The maximum absolute atomic E-state index is 4.03. The van der Waals surface area contributed by atoms with Crippen LogP contribution in [0.4, 0.5) is 0 Å². The smallest absolute Gasteiger partial charge is 0.139 e. The summed E-state index contributed by atoms with van der Waals surface area (Å²) in [5.74, 6) is -0.178. The molecule has 0 heterocycles. The first-order chi connectivity index (χ1) is 12.7. The molecule has 26 heavy (non-hydrogen) atoms. The summed E-state index contributed by atoms with van der Waals surface area (Å²) in [6.45, 7) is 2.29. The predicted molar refractivity (Wildman–Crippen MR) is 113 cm³/mol. The van der Waals surface area contributed by atoms with Gasteiger partial charge in [-0.2, -0.15) is 0 Å². The van der Waals surface area contributed by atoms with Gasteiger partial charge in [-0.1, -0.05) is 71.1 Å². The molecule has 1 atom stereocenters. The summed E-state index contributed by atoms with van der Waals surface area (Å²) in [7, 11) is 4.27. The van der Waals surface area contributed by atoms with Gasteiger partial charge in [0.2, 0.25) is 0 Å². The van der Waals surface area contributed by atoms with E-state index in [0.29, 0.717) is 18.1 Å². The van der Waals surface area contributed by atoms with Crippen molar-refractivity contribution in [2.24, 2.45) is 0 Å². The summed E-state index contributed by atoms with van der Waals surface area (Å²) in [6.07, 6.45) is 20.2. The van der Waals surface area contributed by atoms with Crippen LogP contribution < -0.4 is 21.3 Å². The van der Waals surface area contributed by atoms with Crippen LogP contribution in [-0.4, -0.2) is 38.0 Å². The van der Waals surface area contributed by atoms with Crippen molar-refractivity contribution in [2.75, 3.05) is 14.1 Å². The predicted octanol–water partition coefficient (Wildman–Crippen LogP) is 4.26. The van der Waals surface area contributed by atoms with E-state index < -0.39 is 0 Å². The molecular weight excluding hydrogens is 320 g/mol. The van der Waals surface area contributed by atoms with Crippen molar-refractivity contribution in [1.82, 2.24) is 21.3 Å². The van der Waals surface area contributed by atoms with Gasteiger partial charge < -0.3 is 5.32 Å². The number of likely N-dealkylation sites (N-methyl/N-ethyl adjacent to an activating group) is 2. The lowest BCUT2D eigenvalue weighted by Crippen LogP contribution is -2.77. The maximum atomic E-state index is 4.03. The van der Waals surface area contributed by atoms with Crippen LogP contribution in [0.25, 0.3) is 0 Å². The largest absolute Gasteiger partial charge is 0.313 e. The van der Waals surface area contributed by atoms with Crippen molar-refractivity contribution < 1.29 is 0 Å². The SMILES string of the molecule is CCCCCCCCC(NC)C(NC)(NC1CCCC1)NC1CCCC1. The Hall–Kier alpha value is -0.160. The average Bonchev–Trinajstić information content (AvgIpc) is 3.35. The zero-order valence-corrected chi connectivity index (χ0v) is 17.8. The first kappa shape index (κ1) is 22.1. The molecule has 2 aliphatic carbocycles. The van der Waals surface area contributed by atoms with Crippen LogP contribution in [0.15, 0.2) is 0 Å². The third kappa shape index (κ3) is 6.78. The Bertz CT molecular complexity index is 330. The van der Waals surface area contributed by atoms with Crippen molar-refractivity contribution in [3.05, 3.63) is 0 Å². The zero-order valence-electron chi connectivity index (χ0n) is 17.8. The van der Waals surface area contributed by atoms with Crippen molar-refractivity contribution in [3.8, 4) is 0 Å². The summed E-state index contributed by atoms with van der Waals surface area (Å²) in [5, 5.41) is 15.4. The quantitative estimate of drug-likeness (QED) is 0.274. The highest BCUT2D eigenvalue weighted by Crippen LogP contribution is 2.25. The van der Waals surface area contributed by atoms with Crippen LogP contribution in [0, 0.1) is 0 Å². The van der Waals surface area contributed by atoms with Crippen LogP contribution in [0.1, 0.15) is 103 Å². The van der Waals surface area contributed by atoms with E-state index in [0.717, 1.165) is 0 Å². The second kappa shape index (κ2) is 12.3. The van der Waals surface area contributed by atoms with Gasteiger partial charge in [0.05, 0.1) is 6.04 Å². The van der Waals surface area contributed by atoms with Crippen molar-refractivity contribution in [3.63, 3.8) is 0 Å². The molecule has 0 amide bonds. The molecule has 2 rings (SSSR count). The van der Waals surface area contributed by atoms with Gasteiger partial charge in [0.1, 0.15) is 5.79 Å². The molecular formula is C22H46N4. The van der Waals surface area contributed by atoms with Gasteiger partial charge in [0.25, 0.3) is 0 Å². The lowest BCUT2D eigenvalue weighted by molar-refractivity contribution is 0.108. The standard InChI is InChI=1S/C22H46N4/c1-4-5-6-7-8-9-18-21(23-2)22(24-3,25-19-14-10-11-15-19)26-20-16-12-13-17-20/h19-21,23-26H,4-18H2,1-3H3. The lowest BCUT2D eigenvalue weighted by atomic mass is 9.97. The second-order valence-corrected chi connectivity index (χ2v) is 8.71. The third-order valence-corrected chi connectivity index (χ3v) is 6.69. The summed E-state index contributed by atoms with van der Waals surface area (Å²) in [6, 6.07) is 1.72. The Kier molecular flexibility index (Phi) is 10.5. The summed E-state index contributed by atoms with van der Waals surface area (Å²) < 4.78 is 0. The Balaban J connectivity index is 1.95. The number of nitrogens with one attached hydrogen (secondary N) is 4. The molecule has 0 aliphatic heterocycles. The van der Waals surface area contributed by atoms with Gasteiger partial charge in [-0.15, -0.1) is 0 Å². The monoisotopic (exact) mass is 366 g/mol. The fourth-order valence-corrected chi connectivity index (χ4v) is 5.05. The van der Waals surface area contributed by atoms with E-state index in [4.69, 9.17) is 0 Å². The summed E-state index contributed by atoms with van der Waals surface area (Å²) >= 11 is 0. The van der Waals surface area contributed by atoms with E-state index in [1.807, 2.05) is 0 Å². The molecule has 4 heteroatoms. The zero-order chi connectivity index (χ0) is 18.7. The maximum Gasteiger partial charge on any atom is 0.139 e. The number of hydrogen-bond donors (Lipinski definition) is 4. The second-order valence-electron chi connectivity index (χ2n) is 8.71. The van der Waals surface area contributed by atoms with Gasteiger partial charge in [-0.05, 0) is 46.2 Å². The van der Waals surface area contributed by atoms with E-state index >= 15 is 0 Å². The topological polar surface area (TPSA) is 48.1 Å². The molecule has 2 saturated carbocycles. The molecule has 0 bridgehead atoms. The van der Waals surface area contributed by atoms with E-state index in [2.05, 4.69) is 42.3 Å². The molecule has 0 saturated heterocycles. The number of hydrogen-bond acceptors (Lipinski definition) is 4. The van der Waals surface area contributed by atoms with Crippen LogP contribution in [0.3, 0.4) is 0 Å². The molecule has 4 nitrogen and oxygen atoms in total. The summed E-state index contributed by atoms with van der Waals surface area (Å²) in [5.41, 5.74) is 0. The molecule has 0 aromatic rings. The number of rotatable bonds is 14. The van der Waals surface area contributed by atoms with Gasteiger partial charge >= 0.3 is 0 Å². The molecule has 0 spiro atoms. The minimum absolute atomic E-state index is 0.178. The highest BCUT2D eigenvalue weighted by molar-refractivity contribution is 4.98. The van der Waals surface area contributed by atoms with E-state index in [1.54, 1.807) is 0 Å². The first-order valence-electron chi connectivity index (χ1n) is 11.7. The first-order valence-corrected chi connectivity index (χ1v) is 11.7. The van der Waals surface area contributed by atoms with Crippen LogP contribution in [0.5, 0.6) is 0 Å². The Morgan fingerprint density at radius 3 is 1.73 bits per heavy atom. The highest BCUT2D eigenvalue weighted by Gasteiger charge is 2.40. The molecule has 2 aliphatic rings. The van der Waals surface area contributed by atoms with E-state index in [1.165, 1.54) is 96.3 Å². The van der Waals surface area contributed by atoms with E-state index in [-0.39, 0.29) is 5.79 Å². The van der Waals surface area contributed by atoms with Crippen LogP contribution in [0.2, 0.25) is 0 Å². The van der Waals surface area contributed by atoms with Gasteiger partial charge in [-0.25, -0.2) is 0 Å². The molecule has 0 aromatic carbocycles. The highest BCUT2D eigenvalue weighted by atomic mass is 15.4. The molecule has 4 N–H and O–H groups in total. The minimum atomic E-state index is -0.178. The van der Waals surface area contributed by atoms with Gasteiger partial charge in [-0.3, -0.25) is 16.0 Å². The third-order valence-electron chi connectivity index (χ3n) is 6.69. The van der Waals surface area contributed by atoms with Gasteiger partial charge in [0, 0.05) is 12.1 Å². The van der Waals surface area contributed by atoms with E-state index in [9.17, 15) is 0 Å². The molecule has 0 radical (unpaired) electrons. The normalized spacial score (nSPS) is 20.9. The molecule has 154 valence electrons. The Morgan fingerprint density at radius 1 is 0.769 bits per heavy atom. The van der Waals surface area contributed by atoms with Crippen molar-refractivity contribution in [2.45, 2.75) is 127 Å². The molecule has 0 aromatic heterocycles. The average molecular weight is 367 g/mol. The summed E-state index contributed by atoms with van der Waals surface area (Å²) in [4.78, 5) is 0. The van der Waals surface area contributed by atoms with Gasteiger partial charge in [0.15, 0.2) is 0 Å². The number of unbranched alkanes of at least 4 members (excludes halogenated alkanes) is 5. The van der Waals surface area contributed by atoms with Crippen LogP contribution >= 0.6 is 0 Å². The Labute approximate surface area is 163 Å². The van der Waals surface area contributed by atoms with Crippen LogP contribution in [-0.2, 0) is 0 Å². The Morgan fingerprint density at radius 2 is 1.27 bits per heavy atom. The minimum Gasteiger partial charge on any atom is -0.313 e. The lowest BCUT2D eigenvalue weighted by Gasteiger charge is -2.46. The van der Waals surface area contributed by atoms with Crippen molar-refractivity contribution >= 4 is 0 Å².